The maximum absolute atomic E-state index is 13.0. The smallest absolute Gasteiger partial charge is 0.289 e. The van der Waals surface area contributed by atoms with Crippen molar-refractivity contribution >= 4 is 17.6 Å². The molecule has 4 rings (SSSR count). The van der Waals surface area contributed by atoms with Gasteiger partial charge in [0.1, 0.15) is 17.3 Å². The zero-order valence-corrected chi connectivity index (χ0v) is 16.8. The van der Waals surface area contributed by atoms with Crippen molar-refractivity contribution in [3.05, 3.63) is 41.7 Å². The van der Waals surface area contributed by atoms with E-state index in [1.54, 1.807) is 23.1 Å². The molecule has 0 atom stereocenters. The number of rotatable bonds is 3. The van der Waals surface area contributed by atoms with Crippen molar-refractivity contribution in [2.24, 2.45) is 0 Å². The summed E-state index contributed by atoms with van der Waals surface area (Å²) in [6.07, 6.45) is 5.97. The standard InChI is InChI=1S/C21H27N5O3/c1-16-22-17(20(27)25-8-4-2-3-5-9-25)15-19(23-16)24-10-12-26(13-11-24)21(28)18-7-6-14-29-18/h6-7,14-15H,2-5,8-13H2,1H3. The van der Waals surface area contributed by atoms with Crippen LogP contribution in [0.5, 0.6) is 0 Å². The fourth-order valence-electron chi connectivity index (χ4n) is 3.95. The topological polar surface area (TPSA) is 82.8 Å². The lowest BCUT2D eigenvalue weighted by molar-refractivity contribution is 0.0714. The van der Waals surface area contributed by atoms with E-state index >= 15 is 0 Å². The van der Waals surface area contributed by atoms with E-state index in [9.17, 15) is 9.59 Å². The first-order valence-electron chi connectivity index (χ1n) is 10.3. The van der Waals surface area contributed by atoms with Gasteiger partial charge in [-0.3, -0.25) is 9.59 Å². The number of anilines is 1. The molecule has 29 heavy (non-hydrogen) atoms. The number of nitrogens with zero attached hydrogens (tertiary/aromatic N) is 5. The molecular weight excluding hydrogens is 370 g/mol. The lowest BCUT2D eigenvalue weighted by atomic mass is 10.2. The largest absolute Gasteiger partial charge is 0.459 e. The van der Waals surface area contributed by atoms with Crippen molar-refractivity contribution in [1.29, 1.82) is 0 Å². The van der Waals surface area contributed by atoms with Crippen LogP contribution in [-0.2, 0) is 0 Å². The van der Waals surface area contributed by atoms with Crippen LogP contribution < -0.4 is 4.90 Å². The van der Waals surface area contributed by atoms with Crippen LogP contribution in [0.25, 0.3) is 0 Å². The van der Waals surface area contributed by atoms with Crippen molar-refractivity contribution in [3.8, 4) is 0 Å². The average molecular weight is 397 g/mol. The van der Waals surface area contributed by atoms with Gasteiger partial charge < -0.3 is 19.1 Å². The molecule has 0 N–H and O–H groups in total. The van der Waals surface area contributed by atoms with Crippen molar-refractivity contribution < 1.29 is 14.0 Å². The molecule has 2 fully saturated rings. The minimum atomic E-state index is -0.0921. The van der Waals surface area contributed by atoms with E-state index in [1.807, 2.05) is 11.8 Å². The Morgan fingerprint density at radius 2 is 1.59 bits per heavy atom. The Morgan fingerprint density at radius 3 is 2.24 bits per heavy atom. The molecule has 2 aromatic heterocycles. The molecular formula is C21H27N5O3. The van der Waals surface area contributed by atoms with Gasteiger partial charge in [0, 0.05) is 45.3 Å². The van der Waals surface area contributed by atoms with E-state index in [-0.39, 0.29) is 11.8 Å². The predicted molar refractivity (Wildman–Crippen MR) is 108 cm³/mol. The summed E-state index contributed by atoms with van der Waals surface area (Å²) in [6, 6.07) is 5.20. The predicted octanol–water partition coefficient (Wildman–Crippen LogP) is 2.36. The van der Waals surface area contributed by atoms with Gasteiger partial charge in [0.2, 0.25) is 0 Å². The van der Waals surface area contributed by atoms with Crippen LogP contribution in [0.15, 0.2) is 28.9 Å². The second kappa shape index (κ2) is 8.63. The van der Waals surface area contributed by atoms with E-state index in [2.05, 4.69) is 14.9 Å². The van der Waals surface area contributed by atoms with Gasteiger partial charge in [-0.05, 0) is 31.9 Å². The van der Waals surface area contributed by atoms with Gasteiger partial charge in [0.15, 0.2) is 5.76 Å². The molecule has 154 valence electrons. The monoisotopic (exact) mass is 397 g/mol. The average Bonchev–Trinajstić information content (AvgIpc) is 3.15. The van der Waals surface area contributed by atoms with Crippen LogP contribution in [0.2, 0.25) is 0 Å². The number of carbonyl (C=O) groups excluding carboxylic acids is 2. The number of piperazine rings is 1. The summed E-state index contributed by atoms with van der Waals surface area (Å²) in [5.41, 5.74) is 0.462. The summed E-state index contributed by atoms with van der Waals surface area (Å²) in [4.78, 5) is 40.2. The number of furan rings is 1. The Morgan fingerprint density at radius 1 is 0.897 bits per heavy atom. The van der Waals surface area contributed by atoms with E-state index < -0.39 is 0 Å². The minimum absolute atomic E-state index is 0.00900. The van der Waals surface area contributed by atoms with Crippen molar-refractivity contribution in [3.63, 3.8) is 0 Å². The van der Waals surface area contributed by atoms with Crippen molar-refractivity contribution in [2.75, 3.05) is 44.2 Å². The molecule has 0 aromatic carbocycles. The van der Waals surface area contributed by atoms with Crippen LogP contribution >= 0.6 is 0 Å². The lowest BCUT2D eigenvalue weighted by Gasteiger charge is -2.35. The molecule has 0 saturated carbocycles. The van der Waals surface area contributed by atoms with E-state index in [4.69, 9.17) is 4.42 Å². The molecule has 0 aliphatic carbocycles. The van der Waals surface area contributed by atoms with Gasteiger partial charge in [-0.2, -0.15) is 0 Å². The molecule has 0 radical (unpaired) electrons. The Kier molecular flexibility index (Phi) is 5.78. The molecule has 0 unspecified atom stereocenters. The third-order valence-corrected chi connectivity index (χ3v) is 5.56. The molecule has 0 bridgehead atoms. The van der Waals surface area contributed by atoms with Gasteiger partial charge in [0.05, 0.1) is 6.26 Å². The fraction of sp³-hybridized carbons (Fsp3) is 0.524. The number of hydrogen-bond donors (Lipinski definition) is 0. The summed E-state index contributed by atoms with van der Waals surface area (Å²) < 4.78 is 5.22. The SMILES string of the molecule is Cc1nc(C(=O)N2CCCCCC2)cc(N2CCN(C(=O)c3ccco3)CC2)n1. The molecule has 8 nitrogen and oxygen atoms in total. The molecule has 8 heteroatoms. The maximum Gasteiger partial charge on any atom is 0.289 e. The first-order chi connectivity index (χ1) is 14.1. The Balaban J connectivity index is 1.44. The highest BCUT2D eigenvalue weighted by molar-refractivity contribution is 5.93. The van der Waals surface area contributed by atoms with E-state index in [0.717, 1.165) is 31.7 Å². The van der Waals surface area contributed by atoms with Crippen LogP contribution in [-0.4, -0.2) is 70.9 Å². The molecule has 2 amide bonds. The van der Waals surface area contributed by atoms with Gasteiger partial charge >= 0.3 is 0 Å². The quantitative estimate of drug-likeness (QED) is 0.791. The van der Waals surface area contributed by atoms with Crippen LogP contribution in [0, 0.1) is 6.92 Å². The summed E-state index contributed by atoms with van der Waals surface area (Å²) in [5.74, 6) is 1.60. The van der Waals surface area contributed by atoms with Crippen molar-refractivity contribution in [1.82, 2.24) is 19.8 Å². The van der Waals surface area contributed by atoms with E-state index in [1.165, 1.54) is 19.1 Å². The third kappa shape index (κ3) is 4.41. The molecule has 2 aromatic rings. The summed E-state index contributed by atoms with van der Waals surface area (Å²) in [5, 5.41) is 0. The molecule has 4 heterocycles. The number of aryl methyl sites for hydroxylation is 1. The number of likely N-dealkylation sites (tertiary alicyclic amines) is 1. The van der Waals surface area contributed by atoms with Gasteiger partial charge in [-0.15, -0.1) is 0 Å². The van der Waals surface area contributed by atoms with Crippen molar-refractivity contribution in [2.45, 2.75) is 32.6 Å². The Labute approximate surface area is 170 Å². The highest BCUT2D eigenvalue weighted by Gasteiger charge is 2.26. The van der Waals surface area contributed by atoms with Crippen LogP contribution in [0.3, 0.4) is 0 Å². The first-order valence-corrected chi connectivity index (χ1v) is 10.3. The highest BCUT2D eigenvalue weighted by Crippen LogP contribution is 2.19. The van der Waals surface area contributed by atoms with E-state index in [0.29, 0.717) is 43.5 Å². The number of carbonyl (C=O) groups is 2. The Hall–Kier alpha value is -2.90. The third-order valence-electron chi connectivity index (χ3n) is 5.56. The first kappa shape index (κ1) is 19.4. The summed E-state index contributed by atoms with van der Waals surface area (Å²) >= 11 is 0. The normalized spacial score (nSPS) is 17.9. The Bertz CT molecular complexity index is 851. The summed E-state index contributed by atoms with van der Waals surface area (Å²) in [6.45, 7) is 5.88. The van der Waals surface area contributed by atoms with Crippen LogP contribution in [0.4, 0.5) is 5.82 Å². The second-order valence-electron chi connectivity index (χ2n) is 7.62. The number of hydrogen-bond acceptors (Lipinski definition) is 6. The van der Waals surface area contributed by atoms with Gasteiger partial charge in [0.25, 0.3) is 11.8 Å². The van der Waals surface area contributed by atoms with Gasteiger partial charge in [-0.25, -0.2) is 9.97 Å². The molecule has 0 spiro atoms. The molecule has 2 aliphatic heterocycles. The van der Waals surface area contributed by atoms with Crippen LogP contribution in [0.1, 0.15) is 52.6 Å². The number of aromatic nitrogens is 2. The zero-order valence-electron chi connectivity index (χ0n) is 16.8. The molecule has 2 aliphatic rings. The maximum atomic E-state index is 13.0. The molecule has 2 saturated heterocycles. The lowest BCUT2D eigenvalue weighted by Crippen LogP contribution is -2.49. The second-order valence-corrected chi connectivity index (χ2v) is 7.62. The van der Waals surface area contributed by atoms with Gasteiger partial charge in [-0.1, -0.05) is 12.8 Å². The fourth-order valence-corrected chi connectivity index (χ4v) is 3.95. The summed E-state index contributed by atoms with van der Waals surface area (Å²) in [7, 11) is 0. The zero-order chi connectivity index (χ0) is 20.2. The highest BCUT2D eigenvalue weighted by atomic mass is 16.3. The number of amides is 2. The minimum Gasteiger partial charge on any atom is -0.459 e.